The zero-order valence-corrected chi connectivity index (χ0v) is 12.1. The molecule has 21 heavy (non-hydrogen) atoms. The van der Waals surface area contributed by atoms with Gasteiger partial charge in [0.2, 0.25) is 0 Å². The number of hydrogen-bond donors (Lipinski definition) is 3. The van der Waals surface area contributed by atoms with Crippen LogP contribution in [0.3, 0.4) is 0 Å². The Balaban J connectivity index is 2.16. The fraction of sp³-hybridized carbons (Fsp3) is 0.167. The molecule has 0 aliphatic carbocycles. The largest absolute Gasteiger partial charge is 0.486 e. The number of nitrogens with one attached hydrogen (secondary N) is 2. The van der Waals surface area contributed by atoms with Crippen LogP contribution in [0, 0.1) is 5.41 Å². The first-order valence-corrected chi connectivity index (χ1v) is 7.42. The summed E-state index contributed by atoms with van der Waals surface area (Å²) in [6.45, 7) is -0.0567. The van der Waals surface area contributed by atoms with Crippen LogP contribution in [-0.4, -0.2) is 30.6 Å². The molecular formula is C12H15N5O3S. The summed E-state index contributed by atoms with van der Waals surface area (Å²) in [5, 5.41) is 10.9. The third-order valence-electron chi connectivity index (χ3n) is 2.47. The van der Waals surface area contributed by atoms with Crippen LogP contribution in [-0.2, 0) is 17.1 Å². The molecule has 1 aromatic carbocycles. The monoisotopic (exact) mass is 309 g/mol. The molecule has 112 valence electrons. The number of benzene rings is 1. The topological polar surface area (TPSA) is 123 Å². The minimum absolute atomic E-state index is 0.0567. The Labute approximate surface area is 122 Å². The molecule has 0 spiro atoms. The van der Waals surface area contributed by atoms with E-state index >= 15 is 0 Å². The zero-order valence-electron chi connectivity index (χ0n) is 11.3. The van der Waals surface area contributed by atoms with E-state index in [0.29, 0.717) is 11.4 Å². The second kappa shape index (κ2) is 5.83. The highest BCUT2D eigenvalue weighted by Gasteiger charge is 2.16. The lowest BCUT2D eigenvalue weighted by molar-refractivity contribution is 0.374. The average Bonchev–Trinajstić information content (AvgIpc) is 2.84. The fourth-order valence-electron chi connectivity index (χ4n) is 1.56. The van der Waals surface area contributed by atoms with E-state index in [0.717, 1.165) is 0 Å². The number of nitrogens with two attached hydrogens (primary N) is 1. The molecule has 0 fully saturated rings. The van der Waals surface area contributed by atoms with Crippen molar-refractivity contribution in [1.82, 2.24) is 9.78 Å². The summed E-state index contributed by atoms with van der Waals surface area (Å²) in [6, 6.07) is 6.38. The number of rotatable bonds is 6. The van der Waals surface area contributed by atoms with Crippen molar-refractivity contribution in [3.05, 3.63) is 36.7 Å². The van der Waals surface area contributed by atoms with Crippen molar-refractivity contribution < 1.29 is 13.2 Å². The van der Waals surface area contributed by atoms with Gasteiger partial charge in [0, 0.05) is 19.3 Å². The Kier molecular flexibility index (Phi) is 4.13. The summed E-state index contributed by atoms with van der Waals surface area (Å²) < 4.78 is 33.3. The summed E-state index contributed by atoms with van der Waals surface area (Å²) in [7, 11) is -2.06. The molecule has 8 nitrogen and oxygen atoms in total. The smallest absolute Gasteiger partial charge is 0.265 e. The van der Waals surface area contributed by atoms with Gasteiger partial charge in [-0.15, -0.1) is 0 Å². The van der Waals surface area contributed by atoms with Crippen LogP contribution in [0.15, 0.2) is 41.6 Å². The van der Waals surface area contributed by atoms with Crippen molar-refractivity contribution in [3.63, 3.8) is 0 Å². The maximum absolute atomic E-state index is 12.1. The van der Waals surface area contributed by atoms with E-state index in [-0.39, 0.29) is 17.3 Å². The van der Waals surface area contributed by atoms with Crippen molar-refractivity contribution in [2.24, 2.45) is 12.8 Å². The molecule has 0 saturated heterocycles. The van der Waals surface area contributed by atoms with Gasteiger partial charge in [-0.05, 0) is 12.1 Å². The van der Waals surface area contributed by atoms with Gasteiger partial charge in [0.1, 0.15) is 23.1 Å². The van der Waals surface area contributed by atoms with E-state index < -0.39 is 10.0 Å². The van der Waals surface area contributed by atoms with E-state index in [4.69, 9.17) is 15.9 Å². The lowest BCUT2D eigenvalue weighted by atomic mass is 10.3. The summed E-state index contributed by atoms with van der Waals surface area (Å²) in [5.74, 6) is 0.299. The molecule has 0 unspecified atom stereocenters. The van der Waals surface area contributed by atoms with Crippen LogP contribution in [0.4, 0.5) is 5.69 Å². The predicted molar refractivity (Wildman–Crippen MR) is 77.9 cm³/mol. The van der Waals surface area contributed by atoms with E-state index in [9.17, 15) is 8.42 Å². The molecular weight excluding hydrogens is 294 g/mol. The minimum atomic E-state index is -3.70. The van der Waals surface area contributed by atoms with Gasteiger partial charge in [-0.2, -0.15) is 5.10 Å². The number of aromatic nitrogens is 2. The maximum atomic E-state index is 12.1. The molecule has 2 rings (SSSR count). The SMILES string of the molecule is Cn1cc(S(=O)(=O)Nc2cccc(OCC(=N)N)c2)cn1. The number of anilines is 1. The van der Waals surface area contributed by atoms with Crippen LogP contribution in [0.5, 0.6) is 5.75 Å². The molecule has 1 heterocycles. The second-order valence-corrected chi connectivity index (χ2v) is 5.98. The van der Waals surface area contributed by atoms with E-state index in [1.807, 2.05) is 0 Å². The van der Waals surface area contributed by atoms with Crippen LogP contribution in [0.1, 0.15) is 0 Å². The zero-order chi connectivity index (χ0) is 15.5. The fourth-order valence-corrected chi connectivity index (χ4v) is 2.59. The van der Waals surface area contributed by atoms with Gasteiger partial charge in [-0.3, -0.25) is 14.8 Å². The third-order valence-corrected chi connectivity index (χ3v) is 3.81. The first-order valence-electron chi connectivity index (χ1n) is 5.94. The van der Waals surface area contributed by atoms with Gasteiger partial charge in [0.15, 0.2) is 0 Å². The number of amidine groups is 1. The average molecular weight is 309 g/mol. The number of aryl methyl sites for hydroxylation is 1. The van der Waals surface area contributed by atoms with Crippen molar-refractivity contribution in [3.8, 4) is 5.75 Å². The van der Waals surface area contributed by atoms with Crippen LogP contribution in [0.2, 0.25) is 0 Å². The molecule has 0 radical (unpaired) electrons. The van der Waals surface area contributed by atoms with Crippen LogP contribution < -0.4 is 15.2 Å². The number of hydrogen-bond acceptors (Lipinski definition) is 5. The van der Waals surface area contributed by atoms with Gasteiger partial charge in [0.25, 0.3) is 10.0 Å². The highest BCUT2D eigenvalue weighted by molar-refractivity contribution is 7.92. The highest BCUT2D eigenvalue weighted by Crippen LogP contribution is 2.20. The first kappa shape index (κ1) is 14.9. The summed E-state index contributed by atoms with van der Waals surface area (Å²) in [6.07, 6.45) is 2.66. The molecule has 0 amide bonds. The Hall–Kier alpha value is -2.55. The highest BCUT2D eigenvalue weighted by atomic mass is 32.2. The number of nitrogens with zero attached hydrogens (tertiary/aromatic N) is 2. The van der Waals surface area contributed by atoms with Crippen molar-refractivity contribution in [2.45, 2.75) is 4.90 Å². The second-order valence-electron chi connectivity index (χ2n) is 4.30. The molecule has 0 atom stereocenters. The van der Waals surface area contributed by atoms with Crippen molar-refractivity contribution >= 4 is 21.5 Å². The maximum Gasteiger partial charge on any atom is 0.265 e. The van der Waals surface area contributed by atoms with Crippen LogP contribution >= 0.6 is 0 Å². The molecule has 9 heteroatoms. The Bertz CT molecular complexity index is 754. The Morgan fingerprint density at radius 3 is 2.90 bits per heavy atom. The van der Waals surface area contributed by atoms with Crippen molar-refractivity contribution in [2.75, 3.05) is 11.3 Å². The number of ether oxygens (including phenoxy) is 1. The minimum Gasteiger partial charge on any atom is -0.486 e. The number of sulfonamides is 1. The van der Waals surface area contributed by atoms with Crippen molar-refractivity contribution in [1.29, 1.82) is 5.41 Å². The molecule has 0 aliphatic rings. The molecule has 4 N–H and O–H groups in total. The van der Waals surface area contributed by atoms with Gasteiger partial charge in [0.05, 0.1) is 11.9 Å². The normalized spacial score (nSPS) is 11.1. The quantitative estimate of drug-likeness (QED) is 0.530. The molecule has 2 aromatic rings. The predicted octanol–water partition coefficient (Wildman–Crippen LogP) is 0.536. The summed E-state index contributed by atoms with van der Waals surface area (Å²) in [5.41, 5.74) is 5.54. The third kappa shape index (κ3) is 3.96. The van der Waals surface area contributed by atoms with Gasteiger partial charge < -0.3 is 10.5 Å². The van der Waals surface area contributed by atoms with Gasteiger partial charge in [-0.25, -0.2) is 8.42 Å². The van der Waals surface area contributed by atoms with E-state index in [1.54, 1.807) is 25.2 Å². The molecule has 1 aromatic heterocycles. The standard InChI is InChI=1S/C12H15N5O3S/c1-17-7-11(6-15-17)21(18,19)16-9-3-2-4-10(5-9)20-8-12(13)14/h2-7,16H,8H2,1H3,(H3,13,14). The lowest BCUT2D eigenvalue weighted by Crippen LogP contribution is -2.19. The van der Waals surface area contributed by atoms with E-state index in [2.05, 4.69) is 9.82 Å². The first-order chi connectivity index (χ1) is 9.87. The Morgan fingerprint density at radius 2 is 2.29 bits per heavy atom. The van der Waals surface area contributed by atoms with Gasteiger partial charge in [-0.1, -0.05) is 6.07 Å². The van der Waals surface area contributed by atoms with E-state index in [1.165, 1.54) is 23.1 Å². The molecule has 0 bridgehead atoms. The van der Waals surface area contributed by atoms with Crippen LogP contribution in [0.25, 0.3) is 0 Å². The van der Waals surface area contributed by atoms with Gasteiger partial charge >= 0.3 is 0 Å². The Morgan fingerprint density at radius 1 is 1.52 bits per heavy atom. The molecule has 0 saturated carbocycles. The lowest BCUT2D eigenvalue weighted by Gasteiger charge is -2.09. The summed E-state index contributed by atoms with van der Waals surface area (Å²) in [4.78, 5) is 0.0695. The molecule has 0 aliphatic heterocycles. The summed E-state index contributed by atoms with van der Waals surface area (Å²) >= 11 is 0.